The maximum Gasteiger partial charge on any atom is 0.238 e. The van der Waals surface area contributed by atoms with Crippen LogP contribution < -0.4 is 10.6 Å². The van der Waals surface area contributed by atoms with Gasteiger partial charge in [-0.2, -0.15) is 0 Å². The molecule has 3 fully saturated rings. The molecular formula is C15H20BrN3O. The number of benzene rings is 1. The molecule has 1 aromatic rings. The van der Waals surface area contributed by atoms with E-state index in [4.69, 9.17) is 0 Å². The van der Waals surface area contributed by atoms with Crippen LogP contribution in [-0.4, -0.2) is 43.0 Å². The highest BCUT2D eigenvalue weighted by atomic mass is 79.9. The molecule has 2 N–H and O–H groups in total. The minimum absolute atomic E-state index is 0.0313. The Balaban J connectivity index is 1.46. The third-order valence-corrected chi connectivity index (χ3v) is 4.84. The Morgan fingerprint density at radius 3 is 2.55 bits per heavy atom. The number of nitrogens with zero attached hydrogens (tertiary/aromatic N) is 1. The third-order valence-electron chi connectivity index (χ3n) is 4.31. The van der Waals surface area contributed by atoms with E-state index in [0.29, 0.717) is 12.6 Å². The summed E-state index contributed by atoms with van der Waals surface area (Å²) in [5.74, 6) is 0.782. The number of fused-ring (bicyclic) bond motifs is 3. The van der Waals surface area contributed by atoms with Gasteiger partial charge in [-0.3, -0.25) is 4.79 Å². The normalized spacial score (nSPS) is 28.4. The van der Waals surface area contributed by atoms with Crippen LogP contribution in [-0.2, 0) is 4.79 Å². The van der Waals surface area contributed by atoms with Crippen molar-refractivity contribution in [2.45, 2.75) is 18.9 Å². The summed E-state index contributed by atoms with van der Waals surface area (Å²) in [6.45, 7) is 3.95. The Kier molecular flexibility index (Phi) is 4.38. The highest BCUT2D eigenvalue weighted by molar-refractivity contribution is 9.10. The van der Waals surface area contributed by atoms with E-state index >= 15 is 0 Å². The van der Waals surface area contributed by atoms with Gasteiger partial charge >= 0.3 is 0 Å². The van der Waals surface area contributed by atoms with E-state index in [-0.39, 0.29) is 5.91 Å². The van der Waals surface area contributed by atoms with Crippen molar-refractivity contribution >= 4 is 27.5 Å². The van der Waals surface area contributed by atoms with Gasteiger partial charge in [0.05, 0.1) is 6.54 Å². The molecule has 108 valence electrons. The highest BCUT2D eigenvalue weighted by Gasteiger charge is 2.33. The van der Waals surface area contributed by atoms with E-state index < -0.39 is 0 Å². The maximum absolute atomic E-state index is 11.9. The molecule has 1 atom stereocenters. The smallest absolute Gasteiger partial charge is 0.238 e. The average Bonchev–Trinajstić information content (AvgIpc) is 2.49. The lowest BCUT2D eigenvalue weighted by Crippen LogP contribution is -2.57. The number of rotatable bonds is 4. The number of piperidine rings is 3. The summed E-state index contributed by atoms with van der Waals surface area (Å²) in [6, 6.07) is 8.13. The number of nitrogens with one attached hydrogen (secondary N) is 2. The van der Waals surface area contributed by atoms with Gasteiger partial charge < -0.3 is 15.5 Å². The van der Waals surface area contributed by atoms with Crippen LogP contribution in [0.4, 0.5) is 5.69 Å². The summed E-state index contributed by atoms with van der Waals surface area (Å²) in [5.41, 5.74) is 0.842. The van der Waals surface area contributed by atoms with Gasteiger partial charge in [0.1, 0.15) is 0 Å². The summed E-state index contributed by atoms with van der Waals surface area (Å²) in [6.07, 6.45) is 2.54. The van der Waals surface area contributed by atoms with Crippen molar-refractivity contribution < 1.29 is 4.79 Å². The molecule has 3 saturated heterocycles. The summed E-state index contributed by atoms with van der Waals surface area (Å²) in [7, 11) is 0. The zero-order valence-electron chi connectivity index (χ0n) is 11.4. The molecule has 1 amide bonds. The second-order valence-corrected chi connectivity index (χ2v) is 6.60. The van der Waals surface area contributed by atoms with Crippen molar-refractivity contribution in [1.29, 1.82) is 0 Å². The molecule has 3 aliphatic heterocycles. The molecule has 5 heteroatoms. The first-order valence-corrected chi connectivity index (χ1v) is 8.01. The van der Waals surface area contributed by atoms with Crippen LogP contribution in [0.1, 0.15) is 12.8 Å². The standard InChI is InChI=1S/C15H20BrN3O/c16-12-1-3-13(4-2-12)18-15(20)9-17-14-10-19-7-5-11(14)6-8-19/h1-4,11,14,17H,5-10H2,(H,18,20). The second-order valence-electron chi connectivity index (χ2n) is 5.68. The maximum atomic E-state index is 11.9. The first-order chi connectivity index (χ1) is 9.70. The first kappa shape index (κ1) is 14.0. The van der Waals surface area contributed by atoms with Crippen LogP contribution in [0.25, 0.3) is 0 Å². The number of halogens is 1. The Bertz CT molecular complexity index is 469. The van der Waals surface area contributed by atoms with E-state index in [0.717, 1.165) is 22.6 Å². The summed E-state index contributed by atoms with van der Waals surface area (Å²) in [4.78, 5) is 14.4. The van der Waals surface area contributed by atoms with Crippen molar-refractivity contribution in [1.82, 2.24) is 10.2 Å². The quantitative estimate of drug-likeness (QED) is 0.884. The second kappa shape index (κ2) is 6.24. The van der Waals surface area contributed by atoms with Gasteiger partial charge in [0.2, 0.25) is 5.91 Å². The molecule has 4 rings (SSSR count). The molecule has 1 unspecified atom stereocenters. The number of amides is 1. The Morgan fingerprint density at radius 1 is 1.25 bits per heavy atom. The van der Waals surface area contributed by atoms with Gasteiger partial charge in [0.15, 0.2) is 0 Å². The number of carbonyl (C=O) groups excluding carboxylic acids is 1. The predicted molar refractivity (Wildman–Crippen MR) is 83.7 cm³/mol. The van der Waals surface area contributed by atoms with Crippen molar-refractivity contribution in [2.75, 3.05) is 31.5 Å². The fourth-order valence-electron chi connectivity index (χ4n) is 3.16. The SMILES string of the molecule is O=C(CNC1CN2CCC1CC2)Nc1ccc(Br)cc1. The van der Waals surface area contributed by atoms with Gasteiger partial charge in [0.25, 0.3) is 0 Å². The fourth-order valence-corrected chi connectivity index (χ4v) is 3.42. The molecule has 0 aromatic heterocycles. The zero-order valence-corrected chi connectivity index (χ0v) is 13.0. The molecular weight excluding hydrogens is 318 g/mol. The summed E-state index contributed by atoms with van der Waals surface area (Å²) in [5, 5.41) is 6.34. The summed E-state index contributed by atoms with van der Waals surface area (Å²) >= 11 is 3.38. The lowest BCUT2D eigenvalue weighted by Gasteiger charge is -2.45. The number of hydrogen-bond acceptors (Lipinski definition) is 3. The Labute approximate surface area is 128 Å². The molecule has 1 aromatic carbocycles. The largest absolute Gasteiger partial charge is 0.325 e. The van der Waals surface area contributed by atoms with Crippen LogP contribution in [0.2, 0.25) is 0 Å². The molecule has 0 radical (unpaired) electrons. The van der Waals surface area contributed by atoms with E-state index in [1.807, 2.05) is 24.3 Å². The van der Waals surface area contributed by atoms with E-state index in [1.165, 1.54) is 25.9 Å². The number of hydrogen-bond donors (Lipinski definition) is 2. The molecule has 0 saturated carbocycles. The van der Waals surface area contributed by atoms with Gasteiger partial charge in [-0.1, -0.05) is 15.9 Å². The lowest BCUT2D eigenvalue weighted by atomic mass is 9.84. The third kappa shape index (κ3) is 3.40. The molecule has 3 heterocycles. The molecule has 0 spiro atoms. The van der Waals surface area contributed by atoms with Crippen LogP contribution in [0.5, 0.6) is 0 Å². The number of carbonyl (C=O) groups is 1. The van der Waals surface area contributed by atoms with Gasteiger partial charge in [-0.25, -0.2) is 0 Å². The molecule has 2 bridgehead atoms. The van der Waals surface area contributed by atoms with E-state index in [2.05, 4.69) is 31.5 Å². The van der Waals surface area contributed by atoms with Crippen molar-refractivity contribution in [2.24, 2.45) is 5.92 Å². The first-order valence-electron chi connectivity index (χ1n) is 7.22. The molecule has 3 aliphatic rings. The zero-order chi connectivity index (χ0) is 13.9. The van der Waals surface area contributed by atoms with Gasteiger partial charge in [-0.05, 0) is 56.1 Å². The Hall–Kier alpha value is -0.910. The average molecular weight is 338 g/mol. The van der Waals surface area contributed by atoms with Gasteiger partial charge in [-0.15, -0.1) is 0 Å². The minimum atomic E-state index is 0.0313. The van der Waals surface area contributed by atoms with Crippen LogP contribution in [0.15, 0.2) is 28.7 Å². The predicted octanol–water partition coefficient (Wildman–Crippen LogP) is 2.07. The van der Waals surface area contributed by atoms with Crippen LogP contribution in [0.3, 0.4) is 0 Å². The van der Waals surface area contributed by atoms with Crippen molar-refractivity contribution in [3.05, 3.63) is 28.7 Å². The molecule has 0 aliphatic carbocycles. The van der Waals surface area contributed by atoms with Crippen LogP contribution >= 0.6 is 15.9 Å². The van der Waals surface area contributed by atoms with Gasteiger partial charge in [0, 0.05) is 22.7 Å². The summed E-state index contributed by atoms with van der Waals surface area (Å²) < 4.78 is 1.01. The van der Waals surface area contributed by atoms with E-state index in [9.17, 15) is 4.79 Å². The fraction of sp³-hybridized carbons (Fsp3) is 0.533. The lowest BCUT2D eigenvalue weighted by molar-refractivity contribution is -0.115. The van der Waals surface area contributed by atoms with E-state index in [1.54, 1.807) is 0 Å². The molecule has 20 heavy (non-hydrogen) atoms. The Morgan fingerprint density at radius 2 is 1.95 bits per heavy atom. The van der Waals surface area contributed by atoms with Crippen molar-refractivity contribution in [3.8, 4) is 0 Å². The van der Waals surface area contributed by atoms with Crippen LogP contribution in [0, 0.1) is 5.92 Å². The monoisotopic (exact) mass is 337 g/mol. The number of anilines is 1. The highest BCUT2D eigenvalue weighted by Crippen LogP contribution is 2.27. The topological polar surface area (TPSA) is 44.4 Å². The molecule has 4 nitrogen and oxygen atoms in total. The minimum Gasteiger partial charge on any atom is -0.325 e. The van der Waals surface area contributed by atoms with Crippen molar-refractivity contribution in [3.63, 3.8) is 0 Å².